The highest BCUT2D eigenvalue weighted by atomic mass is 19.4. The number of hydrogen-bond acceptors (Lipinski definition) is 4. The molecule has 18 heavy (non-hydrogen) atoms. The van der Waals surface area contributed by atoms with E-state index >= 15 is 0 Å². The number of aromatic nitrogens is 2. The Morgan fingerprint density at radius 1 is 1.33 bits per heavy atom. The number of hydrogen-bond donors (Lipinski definition) is 1. The molecular weight excluding hydrogens is 245 g/mol. The monoisotopic (exact) mass is 262 g/mol. The van der Waals surface area contributed by atoms with Crippen LogP contribution in [0.15, 0.2) is 12.4 Å². The normalized spacial score (nSPS) is 13.4. The summed E-state index contributed by atoms with van der Waals surface area (Å²) in [6.07, 6.45) is -1.21. The van der Waals surface area contributed by atoms with Crippen LogP contribution >= 0.6 is 0 Å². The largest absolute Gasteiger partial charge is 0.390 e. The van der Waals surface area contributed by atoms with Crippen molar-refractivity contribution in [2.24, 2.45) is 5.73 Å². The van der Waals surface area contributed by atoms with Gasteiger partial charge in [0.25, 0.3) is 0 Å². The van der Waals surface area contributed by atoms with Gasteiger partial charge < -0.3 is 10.6 Å². The van der Waals surface area contributed by atoms with Crippen molar-refractivity contribution in [2.45, 2.75) is 32.0 Å². The molecule has 1 atom stereocenters. The first kappa shape index (κ1) is 14.7. The first-order valence-electron chi connectivity index (χ1n) is 5.62. The highest BCUT2D eigenvalue weighted by Crippen LogP contribution is 2.20. The molecule has 1 rings (SSSR count). The van der Waals surface area contributed by atoms with Gasteiger partial charge in [-0.05, 0) is 18.9 Å². The molecule has 0 spiro atoms. The van der Waals surface area contributed by atoms with E-state index in [0.29, 0.717) is 6.42 Å². The van der Waals surface area contributed by atoms with Crippen molar-refractivity contribution >= 4 is 5.95 Å². The zero-order valence-electron chi connectivity index (χ0n) is 10.4. The van der Waals surface area contributed by atoms with Gasteiger partial charge in [0, 0.05) is 32.0 Å². The lowest BCUT2D eigenvalue weighted by Crippen LogP contribution is -2.25. The molecule has 0 aliphatic carbocycles. The molecule has 0 saturated heterocycles. The van der Waals surface area contributed by atoms with Crippen molar-refractivity contribution < 1.29 is 13.2 Å². The summed E-state index contributed by atoms with van der Waals surface area (Å²) in [5.74, 6) is 0.285. The highest BCUT2D eigenvalue weighted by Gasteiger charge is 2.27. The molecule has 1 heterocycles. The second kappa shape index (κ2) is 5.99. The molecule has 0 aromatic carbocycles. The molecule has 4 nitrogen and oxygen atoms in total. The third-order valence-electron chi connectivity index (χ3n) is 2.32. The van der Waals surface area contributed by atoms with E-state index in [9.17, 15) is 13.2 Å². The molecule has 0 saturated carbocycles. The van der Waals surface area contributed by atoms with E-state index in [2.05, 4.69) is 9.97 Å². The van der Waals surface area contributed by atoms with Crippen molar-refractivity contribution in [3.05, 3.63) is 18.0 Å². The average Bonchev–Trinajstić information content (AvgIpc) is 2.25. The molecule has 1 aromatic heterocycles. The summed E-state index contributed by atoms with van der Waals surface area (Å²) in [5.41, 5.74) is 6.50. The van der Waals surface area contributed by atoms with Crippen LogP contribution in [0.1, 0.15) is 18.9 Å². The summed E-state index contributed by atoms with van der Waals surface area (Å²) in [6.45, 7) is 1.71. The van der Waals surface area contributed by atoms with Crippen LogP contribution < -0.4 is 10.6 Å². The van der Waals surface area contributed by atoms with Crippen LogP contribution in [0.4, 0.5) is 19.1 Å². The number of alkyl halides is 3. The summed E-state index contributed by atoms with van der Waals surface area (Å²) in [7, 11) is 1.53. The number of nitrogens with two attached hydrogens (primary N) is 1. The van der Waals surface area contributed by atoms with E-state index in [1.54, 1.807) is 12.4 Å². The Hall–Kier alpha value is -1.37. The fraction of sp³-hybridized carbons (Fsp3) is 0.636. The van der Waals surface area contributed by atoms with Gasteiger partial charge in [-0.2, -0.15) is 13.2 Å². The fourth-order valence-electron chi connectivity index (χ4n) is 1.42. The smallest absolute Gasteiger partial charge is 0.344 e. The van der Waals surface area contributed by atoms with E-state index in [1.807, 2.05) is 6.92 Å². The van der Waals surface area contributed by atoms with E-state index in [-0.39, 0.29) is 18.5 Å². The molecule has 0 amide bonds. The summed E-state index contributed by atoms with van der Waals surface area (Å²) < 4.78 is 36.2. The Balaban J connectivity index is 2.56. The van der Waals surface area contributed by atoms with Crippen molar-refractivity contribution in [1.29, 1.82) is 0 Å². The van der Waals surface area contributed by atoms with Gasteiger partial charge >= 0.3 is 6.18 Å². The zero-order chi connectivity index (χ0) is 13.8. The van der Waals surface area contributed by atoms with Gasteiger partial charge in [-0.25, -0.2) is 9.97 Å². The number of anilines is 1. The SMILES string of the molecule is CC(N)Cc1cnc(N(C)CCC(F)(F)F)nc1. The molecule has 0 radical (unpaired) electrons. The van der Waals surface area contributed by atoms with Crippen LogP contribution in [0.3, 0.4) is 0 Å². The second-order valence-corrected chi connectivity index (χ2v) is 4.36. The average molecular weight is 262 g/mol. The Morgan fingerprint density at radius 2 is 1.89 bits per heavy atom. The minimum atomic E-state index is -4.16. The third kappa shape index (κ3) is 5.31. The molecule has 0 fully saturated rings. The maximum atomic E-state index is 12.1. The maximum Gasteiger partial charge on any atom is 0.390 e. The Bertz CT molecular complexity index is 362. The molecule has 2 N–H and O–H groups in total. The van der Waals surface area contributed by atoms with Crippen molar-refractivity contribution in [2.75, 3.05) is 18.5 Å². The van der Waals surface area contributed by atoms with Gasteiger partial charge in [-0.1, -0.05) is 0 Å². The molecule has 0 bridgehead atoms. The molecule has 1 unspecified atom stereocenters. The first-order valence-corrected chi connectivity index (χ1v) is 5.62. The van der Waals surface area contributed by atoms with Crippen molar-refractivity contribution in [3.63, 3.8) is 0 Å². The third-order valence-corrected chi connectivity index (χ3v) is 2.32. The van der Waals surface area contributed by atoms with Crippen LogP contribution in [0.25, 0.3) is 0 Å². The standard InChI is InChI=1S/C11H17F3N4/c1-8(15)5-9-6-16-10(17-7-9)18(2)4-3-11(12,13)14/h6-8H,3-5,15H2,1-2H3. The van der Waals surface area contributed by atoms with Crippen LogP contribution in [-0.2, 0) is 6.42 Å². The zero-order valence-corrected chi connectivity index (χ0v) is 10.4. The summed E-state index contributed by atoms with van der Waals surface area (Å²) in [4.78, 5) is 9.43. The molecular formula is C11H17F3N4. The van der Waals surface area contributed by atoms with Gasteiger partial charge in [-0.15, -0.1) is 0 Å². The van der Waals surface area contributed by atoms with Gasteiger partial charge in [0.2, 0.25) is 5.95 Å². The minimum Gasteiger partial charge on any atom is -0.344 e. The summed E-state index contributed by atoms with van der Waals surface area (Å²) in [5, 5.41) is 0. The molecule has 0 aliphatic heterocycles. The highest BCUT2D eigenvalue weighted by molar-refractivity contribution is 5.28. The predicted octanol–water partition coefficient (Wildman–Crippen LogP) is 1.75. The van der Waals surface area contributed by atoms with Crippen LogP contribution in [0.2, 0.25) is 0 Å². The van der Waals surface area contributed by atoms with Gasteiger partial charge in [-0.3, -0.25) is 0 Å². The summed E-state index contributed by atoms with van der Waals surface area (Å²) >= 11 is 0. The Morgan fingerprint density at radius 3 is 2.33 bits per heavy atom. The molecule has 1 aromatic rings. The molecule has 0 aliphatic rings. The summed E-state index contributed by atoms with van der Waals surface area (Å²) in [6, 6.07) is 0.00223. The number of rotatable bonds is 5. The predicted molar refractivity (Wildman–Crippen MR) is 63.3 cm³/mol. The lowest BCUT2D eigenvalue weighted by molar-refractivity contribution is -0.132. The van der Waals surface area contributed by atoms with Crippen molar-refractivity contribution in [1.82, 2.24) is 9.97 Å². The Labute approximate surface area is 104 Å². The first-order chi connectivity index (χ1) is 8.28. The van der Waals surface area contributed by atoms with E-state index < -0.39 is 12.6 Å². The van der Waals surface area contributed by atoms with E-state index in [4.69, 9.17) is 5.73 Å². The van der Waals surface area contributed by atoms with Gasteiger partial charge in [0.15, 0.2) is 0 Å². The van der Waals surface area contributed by atoms with Crippen LogP contribution in [0, 0.1) is 0 Å². The van der Waals surface area contributed by atoms with Gasteiger partial charge in [0.05, 0.1) is 6.42 Å². The fourth-order valence-corrected chi connectivity index (χ4v) is 1.42. The number of halogens is 3. The topological polar surface area (TPSA) is 55.0 Å². The van der Waals surface area contributed by atoms with Crippen LogP contribution in [-0.4, -0.2) is 35.8 Å². The lowest BCUT2D eigenvalue weighted by atomic mass is 10.1. The molecule has 102 valence electrons. The van der Waals surface area contributed by atoms with Gasteiger partial charge in [0.1, 0.15) is 0 Å². The second-order valence-electron chi connectivity index (χ2n) is 4.36. The quantitative estimate of drug-likeness (QED) is 0.878. The molecule has 7 heteroatoms. The lowest BCUT2D eigenvalue weighted by Gasteiger charge is -2.18. The number of nitrogens with zero attached hydrogens (tertiary/aromatic N) is 3. The maximum absolute atomic E-state index is 12.1. The van der Waals surface area contributed by atoms with E-state index in [1.165, 1.54) is 11.9 Å². The Kier molecular flexibility index (Phi) is 4.89. The van der Waals surface area contributed by atoms with E-state index in [0.717, 1.165) is 5.56 Å². The van der Waals surface area contributed by atoms with Crippen molar-refractivity contribution in [3.8, 4) is 0 Å². The van der Waals surface area contributed by atoms with Crippen LogP contribution in [0.5, 0.6) is 0 Å². The minimum absolute atomic E-state index is 0.00223.